The maximum absolute atomic E-state index is 12.3. The number of nitrogens with zero attached hydrogens (tertiary/aromatic N) is 2. The summed E-state index contributed by atoms with van der Waals surface area (Å²) in [6, 6.07) is 7.93. The van der Waals surface area contributed by atoms with E-state index in [2.05, 4.69) is 10.4 Å². The fourth-order valence-corrected chi connectivity index (χ4v) is 2.30. The summed E-state index contributed by atoms with van der Waals surface area (Å²) < 4.78 is 6.74. The van der Waals surface area contributed by atoms with E-state index in [0.29, 0.717) is 0 Å². The van der Waals surface area contributed by atoms with Gasteiger partial charge in [-0.05, 0) is 43.2 Å². The summed E-state index contributed by atoms with van der Waals surface area (Å²) in [4.78, 5) is 23.5. The molecule has 2 rings (SSSR count). The van der Waals surface area contributed by atoms with Crippen molar-refractivity contribution in [1.82, 2.24) is 15.1 Å². The van der Waals surface area contributed by atoms with Crippen LogP contribution in [-0.4, -0.2) is 39.9 Å². The molecule has 0 fully saturated rings. The molecule has 0 unspecified atom stereocenters. The highest BCUT2D eigenvalue weighted by Gasteiger charge is 2.25. The number of carbonyl (C=O) groups excluding carboxylic acids is 1. The topological polar surface area (TPSA) is 93.5 Å². The van der Waals surface area contributed by atoms with Crippen molar-refractivity contribution < 1.29 is 19.4 Å². The maximum Gasteiger partial charge on any atom is 0.326 e. The van der Waals surface area contributed by atoms with Crippen molar-refractivity contribution in [2.45, 2.75) is 26.8 Å². The molecule has 1 aromatic carbocycles. The van der Waals surface area contributed by atoms with Gasteiger partial charge in [0.1, 0.15) is 11.8 Å². The molecule has 7 heteroatoms. The summed E-state index contributed by atoms with van der Waals surface area (Å²) in [7, 11) is 1.59. The van der Waals surface area contributed by atoms with E-state index in [0.717, 1.165) is 17.1 Å². The first-order valence-electron chi connectivity index (χ1n) is 7.58. The maximum atomic E-state index is 12.3. The number of nitrogens with one attached hydrogen (secondary N) is 1. The van der Waals surface area contributed by atoms with Gasteiger partial charge in [0.25, 0.3) is 5.91 Å². The number of benzene rings is 1. The molecule has 0 aliphatic carbocycles. The van der Waals surface area contributed by atoms with Gasteiger partial charge < -0.3 is 15.2 Å². The van der Waals surface area contributed by atoms with Gasteiger partial charge in [-0.25, -0.2) is 9.48 Å². The quantitative estimate of drug-likeness (QED) is 0.845. The Balaban J connectivity index is 2.23. The minimum absolute atomic E-state index is 0.176. The summed E-state index contributed by atoms with van der Waals surface area (Å²) in [6.07, 6.45) is 0. The summed E-state index contributed by atoms with van der Waals surface area (Å²) in [6.45, 7) is 5.30. The molecule has 1 aromatic heterocycles. The highest BCUT2D eigenvalue weighted by molar-refractivity contribution is 5.95. The first kappa shape index (κ1) is 17.5. The number of carboxylic acid groups (broad SMARTS) is 1. The molecule has 0 radical (unpaired) electrons. The number of ether oxygens (including phenoxy) is 1. The molecule has 0 bridgehead atoms. The van der Waals surface area contributed by atoms with E-state index < -0.39 is 17.9 Å². The van der Waals surface area contributed by atoms with E-state index >= 15 is 0 Å². The minimum atomic E-state index is -1.07. The van der Waals surface area contributed by atoms with Gasteiger partial charge in [0.2, 0.25) is 0 Å². The van der Waals surface area contributed by atoms with E-state index in [4.69, 9.17) is 4.74 Å². The van der Waals surface area contributed by atoms with Crippen molar-refractivity contribution in [1.29, 1.82) is 0 Å². The highest BCUT2D eigenvalue weighted by atomic mass is 16.5. The van der Waals surface area contributed by atoms with Crippen LogP contribution in [0, 0.1) is 12.8 Å². The molecular formula is C17H21N3O4. The van der Waals surface area contributed by atoms with Crippen LogP contribution in [0.3, 0.4) is 0 Å². The monoisotopic (exact) mass is 331 g/mol. The smallest absolute Gasteiger partial charge is 0.326 e. The second kappa shape index (κ2) is 7.16. The van der Waals surface area contributed by atoms with Crippen LogP contribution in [0.2, 0.25) is 0 Å². The third-order valence-electron chi connectivity index (χ3n) is 3.66. The lowest BCUT2D eigenvalue weighted by atomic mass is 10.0. The van der Waals surface area contributed by atoms with Crippen molar-refractivity contribution in [3.8, 4) is 11.4 Å². The molecule has 1 amide bonds. The predicted molar refractivity (Wildman–Crippen MR) is 88.6 cm³/mol. The summed E-state index contributed by atoms with van der Waals surface area (Å²) >= 11 is 0. The second-order valence-electron chi connectivity index (χ2n) is 5.81. The number of aliphatic carboxylic acids is 1. The molecule has 7 nitrogen and oxygen atoms in total. The Bertz CT molecular complexity index is 735. The SMILES string of the molecule is COc1ccc(-n2nc(C(=O)N[C@@H](C(=O)O)C(C)C)cc2C)cc1. The molecule has 2 aromatic rings. The molecule has 0 aliphatic heterocycles. The van der Waals surface area contributed by atoms with Gasteiger partial charge in [0.05, 0.1) is 12.8 Å². The summed E-state index contributed by atoms with van der Waals surface area (Å²) in [5.41, 5.74) is 1.72. The fourth-order valence-electron chi connectivity index (χ4n) is 2.30. The van der Waals surface area contributed by atoms with Crippen LogP contribution in [0.1, 0.15) is 30.0 Å². The minimum Gasteiger partial charge on any atom is -0.497 e. The van der Waals surface area contributed by atoms with Gasteiger partial charge in [-0.3, -0.25) is 4.79 Å². The zero-order chi connectivity index (χ0) is 17.9. The van der Waals surface area contributed by atoms with Crippen molar-refractivity contribution >= 4 is 11.9 Å². The Kier molecular flexibility index (Phi) is 5.23. The van der Waals surface area contributed by atoms with Crippen molar-refractivity contribution in [2.24, 2.45) is 5.92 Å². The molecule has 128 valence electrons. The number of carboxylic acids is 1. The number of hydrogen-bond acceptors (Lipinski definition) is 4. The molecule has 0 saturated heterocycles. The van der Waals surface area contributed by atoms with Crippen LogP contribution in [0.15, 0.2) is 30.3 Å². The lowest BCUT2D eigenvalue weighted by molar-refractivity contribution is -0.140. The van der Waals surface area contributed by atoms with E-state index in [-0.39, 0.29) is 11.6 Å². The van der Waals surface area contributed by atoms with E-state index in [1.165, 1.54) is 0 Å². The number of carbonyl (C=O) groups is 2. The van der Waals surface area contributed by atoms with Crippen molar-refractivity contribution in [2.75, 3.05) is 7.11 Å². The molecule has 0 aliphatic rings. The zero-order valence-electron chi connectivity index (χ0n) is 14.1. The Hall–Kier alpha value is -2.83. The second-order valence-corrected chi connectivity index (χ2v) is 5.81. The lowest BCUT2D eigenvalue weighted by Gasteiger charge is -2.16. The van der Waals surface area contributed by atoms with Gasteiger partial charge in [0.15, 0.2) is 5.69 Å². The summed E-state index contributed by atoms with van der Waals surface area (Å²) in [5, 5.41) is 16.0. The zero-order valence-corrected chi connectivity index (χ0v) is 14.1. The number of methoxy groups -OCH3 is 1. The number of hydrogen-bond donors (Lipinski definition) is 2. The van der Waals surface area contributed by atoms with Gasteiger partial charge in [0, 0.05) is 5.69 Å². The first-order chi connectivity index (χ1) is 11.3. The first-order valence-corrected chi connectivity index (χ1v) is 7.58. The molecule has 1 heterocycles. The van der Waals surface area contributed by atoms with Crippen molar-refractivity contribution in [3.63, 3.8) is 0 Å². The predicted octanol–water partition coefficient (Wildman–Crippen LogP) is 2.03. The van der Waals surface area contributed by atoms with Crippen LogP contribution in [0.4, 0.5) is 0 Å². The number of amides is 1. The highest BCUT2D eigenvalue weighted by Crippen LogP contribution is 2.17. The standard InChI is InChI=1S/C17H21N3O4/c1-10(2)15(17(22)23)18-16(21)14-9-11(3)20(19-14)12-5-7-13(24-4)8-6-12/h5-10,15H,1-4H3,(H,18,21)(H,22,23)/t15-/m1/s1. The number of aryl methyl sites for hydroxylation is 1. The normalized spacial score (nSPS) is 12.0. The molecule has 1 atom stereocenters. The van der Waals surface area contributed by atoms with Gasteiger partial charge >= 0.3 is 5.97 Å². The van der Waals surface area contributed by atoms with E-state index in [1.54, 1.807) is 43.8 Å². The Labute approximate surface area is 140 Å². The molecule has 2 N–H and O–H groups in total. The van der Waals surface area contributed by atoms with E-state index in [9.17, 15) is 14.7 Å². The average molecular weight is 331 g/mol. The number of rotatable bonds is 6. The van der Waals surface area contributed by atoms with E-state index in [1.807, 2.05) is 19.1 Å². The Morgan fingerprint density at radius 2 is 1.88 bits per heavy atom. The number of aromatic nitrogens is 2. The largest absolute Gasteiger partial charge is 0.497 e. The van der Waals surface area contributed by atoms with Gasteiger partial charge in [-0.1, -0.05) is 13.8 Å². The molecule has 24 heavy (non-hydrogen) atoms. The van der Waals surface area contributed by atoms with Crippen LogP contribution < -0.4 is 10.1 Å². The van der Waals surface area contributed by atoms with Gasteiger partial charge in [-0.2, -0.15) is 5.10 Å². The third kappa shape index (κ3) is 3.73. The van der Waals surface area contributed by atoms with Gasteiger partial charge in [-0.15, -0.1) is 0 Å². The van der Waals surface area contributed by atoms with Crippen LogP contribution >= 0.6 is 0 Å². The third-order valence-corrected chi connectivity index (χ3v) is 3.66. The van der Waals surface area contributed by atoms with Crippen molar-refractivity contribution in [3.05, 3.63) is 41.7 Å². The summed E-state index contributed by atoms with van der Waals surface area (Å²) in [5.74, 6) is -1.07. The molecule has 0 spiro atoms. The van der Waals surface area contributed by atoms with Crippen LogP contribution in [0.25, 0.3) is 5.69 Å². The Morgan fingerprint density at radius 1 is 1.25 bits per heavy atom. The van der Waals surface area contributed by atoms with Crippen LogP contribution in [0.5, 0.6) is 5.75 Å². The Morgan fingerprint density at radius 3 is 2.38 bits per heavy atom. The van der Waals surface area contributed by atoms with Crippen LogP contribution in [-0.2, 0) is 4.79 Å². The molecule has 0 saturated carbocycles. The average Bonchev–Trinajstić information content (AvgIpc) is 2.93. The fraction of sp³-hybridized carbons (Fsp3) is 0.353. The lowest BCUT2D eigenvalue weighted by Crippen LogP contribution is -2.44. The molecular weight excluding hydrogens is 310 g/mol.